The van der Waals surface area contributed by atoms with Gasteiger partial charge >= 0.3 is 0 Å². The van der Waals surface area contributed by atoms with E-state index in [0.717, 1.165) is 5.56 Å². The molecule has 0 unspecified atom stereocenters. The second-order valence-corrected chi connectivity index (χ2v) is 4.90. The van der Waals surface area contributed by atoms with Crippen LogP contribution in [0.5, 0.6) is 0 Å². The van der Waals surface area contributed by atoms with Crippen molar-refractivity contribution in [3.63, 3.8) is 0 Å². The summed E-state index contributed by atoms with van der Waals surface area (Å²) in [7, 11) is 0. The minimum absolute atomic E-state index is 0.199. The van der Waals surface area contributed by atoms with Gasteiger partial charge in [-0.25, -0.2) is 5.48 Å². The minimum atomic E-state index is -0.738. The number of hydrogen-bond donors (Lipinski definition) is 3. The number of carbonyl (C=O) groups is 1. The first-order chi connectivity index (χ1) is 10.1. The number of piperidine rings is 1. The first-order valence-corrected chi connectivity index (χ1v) is 6.64. The van der Waals surface area contributed by atoms with Gasteiger partial charge in [0.05, 0.1) is 24.3 Å². The van der Waals surface area contributed by atoms with E-state index >= 15 is 0 Å². The number of carbonyl (C=O) groups excluding carboxylic acids is 1. The minimum Gasteiger partial charge on any atom is -0.393 e. The zero-order chi connectivity index (χ0) is 15.2. The lowest BCUT2D eigenvalue weighted by Gasteiger charge is -2.35. The van der Waals surface area contributed by atoms with E-state index in [1.54, 1.807) is 23.7 Å². The molecule has 7 heteroatoms. The SMILES string of the molecule is N#Cc1cccc(CON2CC[C@H](O)C[C@@H]2C(=O)NO)c1. The number of benzene rings is 1. The Bertz CT molecular complexity index is 543. The van der Waals surface area contributed by atoms with Crippen LogP contribution in [0.4, 0.5) is 0 Å². The molecule has 0 bridgehead atoms. The Hall–Kier alpha value is -1.98. The Labute approximate surface area is 122 Å². The highest BCUT2D eigenvalue weighted by molar-refractivity contribution is 5.80. The Kier molecular flexibility index (Phi) is 5.25. The van der Waals surface area contributed by atoms with Crippen LogP contribution >= 0.6 is 0 Å². The monoisotopic (exact) mass is 291 g/mol. The predicted molar refractivity (Wildman–Crippen MR) is 71.6 cm³/mol. The van der Waals surface area contributed by atoms with E-state index in [4.69, 9.17) is 15.3 Å². The summed E-state index contributed by atoms with van der Waals surface area (Å²) in [6, 6.07) is 8.29. The highest BCUT2D eigenvalue weighted by atomic mass is 16.7. The molecule has 7 nitrogen and oxygen atoms in total. The number of nitrogens with one attached hydrogen (secondary N) is 1. The van der Waals surface area contributed by atoms with Crippen LogP contribution in [-0.4, -0.2) is 40.0 Å². The number of aliphatic hydroxyl groups is 1. The molecule has 3 N–H and O–H groups in total. The molecule has 1 aromatic rings. The molecule has 0 spiro atoms. The highest BCUT2D eigenvalue weighted by Crippen LogP contribution is 2.19. The number of amides is 1. The lowest BCUT2D eigenvalue weighted by molar-refractivity contribution is -0.219. The van der Waals surface area contributed by atoms with Crippen LogP contribution in [0.15, 0.2) is 24.3 Å². The van der Waals surface area contributed by atoms with Crippen LogP contribution < -0.4 is 5.48 Å². The molecule has 1 heterocycles. The van der Waals surface area contributed by atoms with Crippen molar-refractivity contribution in [1.29, 1.82) is 5.26 Å². The topological polar surface area (TPSA) is 106 Å². The number of hydrogen-bond acceptors (Lipinski definition) is 6. The molecule has 1 saturated heterocycles. The van der Waals surface area contributed by atoms with Crippen LogP contribution in [0.1, 0.15) is 24.0 Å². The second-order valence-electron chi connectivity index (χ2n) is 4.90. The molecule has 0 aliphatic carbocycles. The van der Waals surface area contributed by atoms with Gasteiger partial charge in [-0.2, -0.15) is 10.3 Å². The van der Waals surface area contributed by atoms with Crippen molar-refractivity contribution in [3.8, 4) is 6.07 Å². The van der Waals surface area contributed by atoms with Crippen molar-refractivity contribution in [3.05, 3.63) is 35.4 Å². The van der Waals surface area contributed by atoms with Gasteiger partial charge in [-0.05, 0) is 24.1 Å². The molecule has 0 radical (unpaired) electrons. The average Bonchev–Trinajstić information content (AvgIpc) is 2.53. The van der Waals surface area contributed by atoms with Gasteiger partial charge in [0, 0.05) is 13.0 Å². The third kappa shape index (κ3) is 4.00. The molecule has 0 saturated carbocycles. The summed E-state index contributed by atoms with van der Waals surface area (Å²) in [6.07, 6.45) is 0.104. The maximum Gasteiger partial charge on any atom is 0.263 e. The van der Waals surface area contributed by atoms with E-state index in [1.165, 1.54) is 5.06 Å². The molecule has 1 amide bonds. The van der Waals surface area contributed by atoms with Gasteiger partial charge in [0.15, 0.2) is 0 Å². The summed E-state index contributed by atoms with van der Waals surface area (Å²) in [5, 5.41) is 28.7. The van der Waals surface area contributed by atoms with E-state index in [-0.39, 0.29) is 13.0 Å². The lowest BCUT2D eigenvalue weighted by Crippen LogP contribution is -2.51. The maximum absolute atomic E-state index is 11.6. The largest absolute Gasteiger partial charge is 0.393 e. The van der Waals surface area contributed by atoms with Gasteiger partial charge in [0.1, 0.15) is 6.04 Å². The Morgan fingerprint density at radius 2 is 2.38 bits per heavy atom. The quantitative estimate of drug-likeness (QED) is 0.545. The molecule has 21 heavy (non-hydrogen) atoms. The number of aliphatic hydroxyl groups excluding tert-OH is 1. The first kappa shape index (κ1) is 15.4. The Morgan fingerprint density at radius 1 is 1.57 bits per heavy atom. The maximum atomic E-state index is 11.6. The van der Waals surface area contributed by atoms with E-state index < -0.39 is 18.1 Å². The van der Waals surface area contributed by atoms with Crippen molar-refractivity contribution in [2.75, 3.05) is 6.54 Å². The average molecular weight is 291 g/mol. The number of nitriles is 1. The Morgan fingerprint density at radius 3 is 3.10 bits per heavy atom. The smallest absolute Gasteiger partial charge is 0.263 e. The van der Waals surface area contributed by atoms with Gasteiger partial charge in [-0.15, -0.1) is 0 Å². The van der Waals surface area contributed by atoms with Crippen molar-refractivity contribution >= 4 is 5.91 Å². The fraction of sp³-hybridized carbons (Fsp3) is 0.429. The summed E-state index contributed by atoms with van der Waals surface area (Å²) in [4.78, 5) is 17.2. The van der Waals surface area contributed by atoms with E-state index in [1.807, 2.05) is 12.1 Å². The molecule has 1 aliphatic rings. The van der Waals surface area contributed by atoms with Crippen molar-refractivity contribution in [1.82, 2.24) is 10.5 Å². The van der Waals surface area contributed by atoms with Crippen LogP contribution in [0, 0.1) is 11.3 Å². The zero-order valence-corrected chi connectivity index (χ0v) is 11.4. The molecule has 1 aromatic carbocycles. The van der Waals surface area contributed by atoms with Crippen molar-refractivity contribution in [2.24, 2.45) is 0 Å². The molecule has 2 rings (SSSR count). The molecule has 112 valence electrons. The van der Waals surface area contributed by atoms with Crippen LogP contribution in [0.3, 0.4) is 0 Å². The van der Waals surface area contributed by atoms with Gasteiger partial charge in [-0.3, -0.25) is 14.8 Å². The van der Waals surface area contributed by atoms with Crippen LogP contribution in [0.2, 0.25) is 0 Å². The van der Waals surface area contributed by atoms with Crippen molar-refractivity contribution in [2.45, 2.75) is 31.6 Å². The number of nitrogens with zero attached hydrogens (tertiary/aromatic N) is 2. The molecule has 2 atom stereocenters. The fourth-order valence-electron chi connectivity index (χ4n) is 2.28. The summed E-state index contributed by atoms with van der Waals surface area (Å²) in [5.41, 5.74) is 2.93. The first-order valence-electron chi connectivity index (χ1n) is 6.64. The van der Waals surface area contributed by atoms with Gasteiger partial charge in [0.25, 0.3) is 5.91 Å². The van der Waals surface area contributed by atoms with Gasteiger partial charge in [-0.1, -0.05) is 12.1 Å². The molecule has 0 aromatic heterocycles. The number of rotatable bonds is 4. The normalized spacial score (nSPS) is 22.5. The lowest BCUT2D eigenvalue weighted by atomic mass is 10.0. The summed E-state index contributed by atoms with van der Waals surface area (Å²) < 4.78 is 0. The van der Waals surface area contributed by atoms with Crippen LogP contribution in [-0.2, 0) is 16.2 Å². The van der Waals surface area contributed by atoms with E-state index in [2.05, 4.69) is 0 Å². The third-order valence-corrected chi connectivity index (χ3v) is 3.39. The standard InChI is InChI=1S/C14H17N3O4/c15-8-10-2-1-3-11(6-10)9-21-17-5-4-12(18)7-13(17)14(19)16-20/h1-3,6,12-13,18,20H,4-5,7,9H2,(H,16,19)/t12-,13+/m0/s1. The van der Waals surface area contributed by atoms with E-state index in [0.29, 0.717) is 18.5 Å². The molecule has 1 fully saturated rings. The third-order valence-electron chi connectivity index (χ3n) is 3.39. The molecular weight excluding hydrogens is 274 g/mol. The zero-order valence-electron chi connectivity index (χ0n) is 11.4. The highest BCUT2D eigenvalue weighted by Gasteiger charge is 2.33. The van der Waals surface area contributed by atoms with Crippen LogP contribution in [0.25, 0.3) is 0 Å². The van der Waals surface area contributed by atoms with Gasteiger partial charge < -0.3 is 5.11 Å². The van der Waals surface area contributed by atoms with Gasteiger partial charge in [0.2, 0.25) is 0 Å². The fourth-order valence-corrected chi connectivity index (χ4v) is 2.28. The summed E-state index contributed by atoms with van der Waals surface area (Å²) >= 11 is 0. The summed E-state index contributed by atoms with van der Waals surface area (Å²) in [5.74, 6) is -0.612. The predicted octanol–water partition coefficient (Wildman–Crippen LogP) is 0.321. The molecule has 1 aliphatic heterocycles. The van der Waals surface area contributed by atoms with Crippen molar-refractivity contribution < 1.29 is 19.9 Å². The van der Waals surface area contributed by atoms with E-state index in [9.17, 15) is 9.90 Å². The summed E-state index contributed by atoms with van der Waals surface area (Å²) in [6.45, 7) is 0.595. The second kappa shape index (κ2) is 7.15. The number of hydroxylamine groups is 3. The molecular formula is C14H17N3O4. The Balaban J connectivity index is 1.99.